The molecule has 0 spiro atoms. The van der Waals surface area contributed by atoms with Crippen LogP contribution in [-0.4, -0.2) is 31.4 Å². The van der Waals surface area contributed by atoms with Crippen LogP contribution < -0.4 is 4.74 Å². The third-order valence-corrected chi connectivity index (χ3v) is 3.31. The number of ether oxygens (including phenoxy) is 3. The number of aromatic nitrogens is 1. The standard InChI is InChI=1S/C16H20ClNO3/c1-11(2)21-7-6-20-10-13-8-12-4-5-14(19-3)9-15(12)18-16(13)17/h4-5,8-9,11H,6-7,10H2,1-3H3. The molecule has 0 saturated carbocycles. The molecular weight excluding hydrogens is 290 g/mol. The summed E-state index contributed by atoms with van der Waals surface area (Å²) in [5, 5.41) is 1.47. The van der Waals surface area contributed by atoms with Crippen LogP contribution in [0.2, 0.25) is 5.15 Å². The lowest BCUT2D eigenvalue weighted by atomic mass is 10.1. The second-order valence-electron chi connectivity index (χ2n) is 4.97. The number of benzene rings is 1. The van der Waals surface area contributed by atoms with Gasteiger partial charge in [0, 0.05) is 17.0 Å². The highest BCUT2D eigenvalue weighted by atomic mass is 35.5. The van der Waals surface area contributed by atoms with Crippen molar-refractivity contribution in [3.8, 4) is 5.75 Å². The van der Waals surface area contributed by atoms with Gasteiger partial charge in [-0.25, -0.2) is 4.98 Å². The van der Waals surface area contributed by atoms with Crippen LogP contribution >= 0.6 is 11.6 Å². The minimum absolute atomic E-state index is 0.217. The average Bonchev–Trinajstić information content (AvgIpc) is 2.46. The van der Waals surface area contributed by atoms with Crippen LogP contribution in [0.1, 0.15) is 19.4 Å². The predicted molar refractivity (Wildman–Crippen MR) is 84.0 cm³/mol. The molecular formula is C16H20ClNO3. The van der Waals surface area contributed by atoms with Crippen molar-refractivity contribution >= 4 is 22.5 Å². The molecule has 1 heterocycles. The van der Waals surface area contributed by atoms with Gasteiger partial charge in [0.15, 0.2) is 0 Å². The molecule has 2 aromatic rings. The van der Waals surface area contributed by atoms with E-state index >= 15 is 0 Å². The second kappa shape index (κ2) is 7.59. The van der Waals surface area contributed by atoms with Crippen molar-refractivity contribution in [1.29, 1.82) is 0 Å². The lowest BCUT2D eigenvalue weighted by Crippen LogP contribution is -2.09. The van der Waals surface area contributed by atoms with E-state index in [0.29, 0.717) is 25.0 Å². The first kappa shape index (κ1) is 16.0. The van der Waals surface area contributed by atoms with Gasteiger partial charge in [-0.3, -0.25) is 0 Å². The number of halogens is 1. The molecule has 0 radical (unpaired) electrons. The van der Waals surface area contributed by atoms with E-state index in [1.54, 1.807) is 7.11 Å². The second-order valence-corrected chi connectivity index (χ2v) is 5.33. The minimum atomic E-state index is 0.217. The minimum Gasteiger partial charge on any atom is -0.497 e. The molecule has 0 saturated heterocycles. The molecule has 21 heavy (non-hydrogen) atoms. The topological polar surface area (TPSA) is 40.6 Å². The zero-order chi connectivity index (χ0) is 15.2. The quantitative estimate of drug-likeness (QED) is 0.575. The summed E-state index contributed by atoms with van der Waals surface area (Å²) >= 11 is 6.20. The van der Waals surface area contributed by atoms with E-state index in [4.69, 9.17) is 25.8 Å². The van der Waals surface area contributed by atoms with Gasteiger partial charge in [0.2, 0.25) is 0 Å². The smallest absolute Gasteiger partial charge is 0.135 e. The maximum Gasteiger partial charge on any atom is 0.135 e. The molecule has 114 valence electrons. The Kier molecular flexibility index (Phi) is 5.79. The first-order chi connectivity index (χ1) is 10.1. The monoisotopic (exact) mass is 309 g/mol. The van der Waals surface area contributed by atoms with Crippen LogP contribution in [-0.2, 0) is 16.1 Å². The zero-order valence-corrected chi connectivity index (χ0v) is 13.3. The third-order valence-electron chi connectivity index (χ3n) is 2.99. The summed E-state index contributed by atoms with van der Waals surface area (Å²) in [6, 6.07) is 7.72. The zero-order valence-electron chi connectivity index (χ0n) is 12.6. The van der Waals surface area contributed by atoms with Gasteiger partial charge in [-0.2, -0.15) is 0 Å². The summed E-state index contributed by atoms with van der Waals surface area (Å²) in [5.74, 6) is 0.765. The highest BCUT2D eigenvalue weighted by Gasteiger charge is 2.06. The van der Waals surface area contributed by atoms with Crippen LogP contribution in [0.15, 0.2) is 24.3 Å². The summed E-state index contributed by atoms with van der Waals surface area (Å²) in [6.45, 7) is 5.54. The number of fused-ring (bicyclic) bond motifs is 1. The molecule has 4 nitrogen and oxygen atoms in total. The van der Waals surface area contributed by atoms with Crippen molar-refractivity contribution < 1.29 is 14.2 Å². The molecule has 0 amide bonds. The normalized spacial score (nSPS) is 11.3. The molecule has 0 aliphatic carbocycles. The van der Waals surface area contributed by atoms with Crippen LogP contribution in [0, 0.1) is 0 Å². The third kappa shape index (κ3) is 4.56. The summed E-state index contributed by atoms with van der Waals surface area (Å²) in [5.41, 5.74) is 1.69. The Morgan fingerprint density at radius 1 is 1.19 bits per heavy atom. The van der Waals surface area contributed by atoms with Crippen molar-refractivity contribution in [2.75, 3.05) is 20.3 Å². The molecule has 0 aliphatic heterocycles. The van der Waals surface area contributed by atoms with Crippen molar-refractivity contribution in [1.82, 2.24) is 4.98 Å². The maximum absolute atomic E-state index is 6.20. The number of methoxy groups -OCH3 is 1. The van der Waals surface area contributed by atoms with Gasteiger partial charge in [-0.05, 0) is 32.0 Å². The molecule has 0 fully saturated rings. The SMILES string of the molecule is COc1ccc2cc(COCCOC(C)C)c(Cl)nc2c1. The van der Waals surface area contributed by atoms with E-state index in [9.17, 15) is 0 Å². The fourth-order valence-electron chi connectivity index (χ4n) is 1.92. The van der Waals surface area contributed by atoms with Crippen molar-refractivity contribution in [3.63, 3.8) is 0 Å². The molecule has 0 bridgehead atoms. The van der Waals surface area contributed by atoms with Crippen LogP contribution in [0.4, 0.5) is 0 Å². The number of hydrogen-bond donors (Lipinski definition) is 0. The Morgan fingerprint density at radius 2 is 2.00 bits per heavy atom. The Balaban J connectivity index is 2.01. The van der Waals surface area contributed by atoms with E-state index in [1.807, 2.05) is 38.1 Å². The average molecular weight is 310 g/mol. The first-order valence-electron chi connectivity index (χ1n) is 6.92. The Morgan fingerprint density at radius 3 is 2.71 bits per heavy atom. The van der Waals surface area contributed by atoms with Crippen LogP contribution in [0.3, 0.4) is 0 Å². The molecule has 0 unspecified atom stereocenters. The van der Waals surface area contributed by atoms with Gasteiger partial charge in [-0.15, -0.1) is 0 Å². The summed E-state index contributed by atoms with van der Waals surface area (Å²) in [6.07, 6.45) is 0.217. The fourth-order valence-corrected chi connectivity index (χ4v) is 2.12. The van der Waals surface area contributed by atoms with Crippen LogP contribution in [0.5, 0.6) is 5.75 Å². The predicted octanol–water partition coefficient (Wildman–Crippen LogP) is 3.84. The number of rotatable bonds is 7. The van der Waals surface area contributed by atoms with E-state index in [2.05, 4.69) is 4.98 Å². The van der Waals surface area contributed by atoms with E-state index in [0.717, 1.165) is 22.2 Å². The fraction of sp³-hybridized carbons (Fsp3) is 0.438. The van der Waals surface area contributed by atoms with Gasteiger partial charge in [0.25, 0.3) is 0 Å². The summed E-state index contributed by atoms with van der Waals surface area (Å²) in [7, 11) is 1.63. The van der Waals surface area contributed by atoms with E-state index < -0.39 is 0 Å². The molecule has 5 heteroatoms. The Bertz CT molecular complexity index is 601. The van der Waals surface area contributed by atoms with Crippen molar-refractivity contribution in [2.24, 2.45) is 0 Å². The molecule has 0 aliphatic rings. The van der Waals surface area contributed by atoms with Gasteiger partial charge in [0.1, 0.15) is 10.9 Å². The Labute approximate surface area is 130 Å². The number of pyridine rings is 1. The first-order valence-corrected chi connectivity index (χ1v) is 7.30. The van der Waals surface area contributed by atoms with E-state index in [-0.39, 0.29) is 6.10 Å². The lowest BCUT2D eigenvalue weighted by Gasteiger charge is -2.10. The Hall–Kier alpha value is -1.36. The lowest BCUT2D eigenvalue weighted by molar-refractivity contribution is 0.0143. The summed E-state index contributed by atoms with van der Waals surface area (Å²) in [4.78, 5) is 4.39. The van der Waals surface area contributed by atoms with Gasteiger partial charge >= 0.3 is 0 Å². The van der Waals surface area contributed by atoms with Gasteiger partial charge in [-0.1, -0.05) is 11.6 Å². The van der Waals surface area contributed by atoms with Gasteiger partial charge in [0.05, 0.1) is 38.6 Å². The van der Waals surface area contributed by atoms with Crippen molar-refractivity contribution in [2.45, 2.75) is 26.6 Å². The van der Waals surface area contributed by atoms with E-state index in [1.165, 1.54) is 0 Å². The molecule has 0 atom stereocenters. The molecule has 1 aromatic carbocycles. The molecule has 0 N–H and O–H groups in total. The number of hydrogen-bond acceptors (Lipinski definition) is 4. The molecule has 2 rings (SSSR count). The highest BCUT2D eigenvalue weighted by Crippen LogP contribution is 2.24. The maximum atomic E-state index is 6.20. The molecule has 1 aromatic heterocycles. The number of nitrogens with zero attached hydrogens (tertiary/aromatic N) is 1. The summed E-state index contributed by atoms with van der Waals surface area (Å²) < 4.78 is 16.2. The largest absolute Gasteiger partial charge is 0.497 e. The van der Waals surface area contributed by atoms with Crippen LogP contribution in [0.25, 0.3) is 10.9 Å². The van der Waals surface area contributed by atoms with Gasteiger partial charge < -0.3 is 14.2 Å². The van der Waals surface area contributed by atoms with Crippen molar-refractivity contribution in [3.05, 3.63) is 35.0 Å². The highest BCUT2D eigenvalue weighted by molar-refractivity contribution is 6.30.